The first kappa shape index (κ1) is 22.5. The molecule has 0 bridgehead atoms. The molecule has 178 valence electrons. The Morgan fingerprint density at radius 3 is 2.91 bits per heavy atom. The lowest BCUT2D eigenvalue weighted by Gasteiger charge is -2.12. The lowest BCUT2D eigenvalue weighted by molar-refractivity contribution is 0.444. The molecule has 4 N–H and O–H groups in total. The molecule has 5 aromatic rings. The van der Waals surface area contributed by atoms with Crippen LogP contribution in [-0.2, 0) is 6.54 Å². The summed E-state index contributed by atoms with van der Waals surface area (Å²) in [6.45, 7) is 3.50. The second-order valence-electron chi connectivity index (χ2n) is 7.75. The summed E-state index contributed by atoms with van der Waals surface area (Å²) in [7, 11) is 0. The SMILES string of the molecule is C/C=C/c1cc(Nc2cc(NCCCn3ccnc3)nc(Oc3ccc4[nH]ccc4c3Cl)n2)n[nH]1. The predicted molar refractivity (Wildman–Crippen MR) is 137 cm³/mol. The number of hydrogen-bond donors (Lipinski definition) is 4. The van der Waals surface area contributed by atoms with E-state index in [1.54, 1.807) is 18.6 Å². The van der Waals surface area contributed by atoms with Gasteiger partial charge in [-0.1, -0.05) is 17.7 Å². The van der Waals surface area contributed by atoms with E-state index in [0.717, 1.165) is 29.6 Å². The van der Waals surface area contributed by atoms with E-state index in [1.165, 1.54) is 0 Å². The second kappa shape index (κ2) is 10.3. The highest BCUT2D eigenvalue weighted by Gasteiger charge is 2.13. The molecule has 35 heavy (non-hydrogen) atoms. The number of allylic oxidation sites excluding steroid dienone is 1. The zero-order valence-electron chi connectivity index (χ0n) is 19.0. The Labute approximate surface area is 206 Å². The van der Waals surface area contributed by atoms with Gasteiger partial charge in [-0.15, -0.1) is 0 Å². The molecule has 0 radical (unpaired) electrons. The molecular weight excluding hydrogens is 466 g/mol. The van der Waals surface area contributed by atoms with Gasteiger partial charge >= 0.3 is 6.01 Å². The van der Waals surface area contributed by atoms with E-state index in [0.29, 0.717) is 34.8 Å². The summed E-state index contributed by atoms with van der Waals surface area (Å²) in [4.78, 5) is 16.3. The fourth-order valence-corrected chi connectivity index (χ4v) is 3.84. The van der Waals surface area contributed by atoms with Gasteiger partial charge in [-0.2, -0.15) is 15.1 Å². The number of aromatic amines is 2. The number of ether oxygens (including phenoxy) is 1. The third kappa shape index (κ3) is 5.44. The third-order valence-corrected chi connectivity index (χ3v) is 5.59. The van der Waals surface area contributed by atoms with Crippen LogP contribution in [0.5, 0.6) is 11.8 Å². The topological polar surface area (TPSA) is 121 Å². The number of nitrogens with one attached hydrogen (secondary N) is 4. The molecule has 1 aromatic carbocycles. The highest BCUT2D eigenvalue weighted by atomic mass is 35.5. The number of benzene rings is 1. The molecular formula is C24H24ClN9O. The number of nitrogens with zero attached hydrogens (tertiary/aromatic N) is 5. The van der Waals surface area contributed by atoms with Crippen molar-refractivity contribution < 1.29 is 4.74 Å². The maximum atomic E-state index is 6.57. The number of aryl methyl sites for hydroxylation is 1. The van der Waals surface area contributed by atoms with Crippen LogP contribution in [0.4, 0.5) is 17.5 Å². The fourth-order valence-electron chi connectivity index (χ4n) is 3.57. The highest BCUT2D eigenvalue weighted by Crippen LogP contribution is 2.35. The highest BCUT2D eigenvalue weighted by molar-refractivity contribution is 6.36. The standard InChI is InChI=1S/C24H24ClN9O/c1-2-4-16-13-22(33-32-16)29-21-14-20(28-8-3-11-34-12-10-26-15-34)30-24(31-21)35-19-6-5-18-17(23(19)25)7-9-27-18/h2,4-7,9-10,12-15,27H,3,8,11H2,1H3,(H3,28,29,30,31,32,33)/b4-2+. The van der Waals surface area contributed by atoms with Crippen LogP contribution < -0.4 is 15.4 Å². The number of aromatic nitrogens is 7. The summed E-state index contributed by atoms with van der Waals surface area (Å²) in [6.07, 6.45) is 12.1. The maximum Gasteiger partial charge on any atom is 0.325 e. The summed E-state index contributed by atoms with van der Waals surface area (Å²) >= 11 is 6.57. The van der Waals surface area contributed by atoms with Crippen LogP contribution in [-0.4, -0.2) is 41.2 Å². The average Bonchev–Trinajstić information content (AvgIpc) is 3.62. The Balaban J connectivity index is 1.37. The maximum absolute atomic E-state index is 6.57. The lowest BCUT2D eigenvalue weighted by atomic mass is 10.2. The molecule has 5 rings (SSSR count). The van der Waals surface area contributed by atoms with Gasteiger partial charge in [-0.3, -0.25) is 5.10 Å². The van der Waals surface area contributed by atoms with E-state index in [-0.39, 0.29) is 6.01 Å². The van der Waals surface area contributed by atoms with Gasteiger partial charge in [0.2, 0.25) is 0 Å². The van der Waals surface area contributed by atoms with Crippen molar-refractivity contribution in [3.63, 3.8) is 0 Å². The molecule has 0 aliphatic carbocycles. The van der Waals surface area contributed by atoms with Crippen molar-refractivity contribution in [2.75, 3.05) is 17.2 Å². The van der Waals surface area contributed by atoms with Gasteiger partial charge in [0, 0.05) is 54.7 Å². The first-order valence-corrected chi connectivity index (χ1v) is 11.5. The molecule has 10 nitrogen and oxygen atoms in total. The third-order valence-electron chi connectivity index (χ3n) is 5.20. The molecule has 0 aliphatic rings. The monoisotopic (exact) mass is 489 g/mol. The van der Waals surface area contributed by atoms with Crippen molar-refractivity contribution in [2.45, 2.75) is 19.9 Å². The molecule has 11 heteroatoms. The quantitative estimate of drug-likeness (QED) is 0.188. The molecule has 4 heterocycles. The van der Waals surface area contributed by atoms with Crippen LogP contribution >= 0.6 is 11.6 Å². The number of imidazole rings is 1. The Bertz CT molecular complexity index is 1440. The summed E-state index contributed by atoms with van der Waals surface area (Å²) in [5.74, 6) is 2.24. The number of fused-ring (bicyclic) bond motifs is 1. The minimum Gasteiger partial charge on any atom is -0.423 e. The zero-order valence-corrected chi connectivity index (χ0v) is 19.8. The van der Waals surface area contributed by atoms with Gasteiger partial charge in [-0.25, -0.2) is 4.98 Å². The van der Waals surface area contributed by atoms with Crippen molar-refractivity contribution in [3.8, 4) is 11.8 Å². The van der Waals surface area contributed by atoms with E-state index in [4.69, 9.17) is 16.3 Å². The minimum atomic E-state index is 0.160. The normalized spacial score (nSPS) is 11.4. The Kier molecular flexibility index (Phi) is 6.62. The summed E-state index contributed by atoms with van der Waals surface area (Å²) in [6, 6.07) is 9.45. The molecule has 0 unspecified atom stereocenters. The van der Waals surface area contributed by atoms with E-state index in [9.17, 15) is 0 Å². The minimum absolute atomic E-state index is 0.160. The van der Waals surface area contributed by atoms with Gasteiger partial charge in [0.15, 0.2) is 5.82 Å². The van der Waals surface area contributed by atoms with Crippen molar-refractivity contribution >= 4 is 46.0 Å². The van der Waals surface area contributed by atoms with Crippen molar-refractivity contribution in [1.82, 2.24) is 34.7 Å². The van der Waals surface area contributed by atoms with Crippen LogP contribution in [0.1, 0.15) is 19.0 Å². The first-order chi connectivity index (χ1) is 17.2. The Morgan fingerprint density at radius 1 is 1.14 bits per heavy atom. The predicted octanol–water partition coefficient (Wildman–Crippen LogP) is 5.60. The Morgan fingerprint density at radius 2 is 2.06 bits per heavy atom. The second-order valence-corrected chi connectivity index (χ2v) is 8.13. The molecule has 0 fully saturated rings. The number of anilines is 3. The number of H-pyrrole nitrogens is 2. The van der Waals surface area contributed by atoms with E-state index < -0.39 is 0 Å². The molecule has 0 spiro atoms. The molecule has 4 aromatic heterocycles. The average molecular weight is 490 g/mol. The molecule has 0 saturated heterocycles. The fraction of sp³-hybridized carbons (Fsp3) is 0.167. The van der Waals surface area contributed by atoms with Crippen LogP contribution in [0.15, 0.2) is 61.3 Å². The van der Waals surface area contributed by atoms with Crippen LogP contribution in [0.3, 0.4) is 0 Å². The van der Waals surface area contributed by atoms with E-state index in [2.05, 4.69) is 40.8 Å². The van der Waals surface area contributed by atoms with Gasteiger partial charge in [0.05, 0.1) is 17.0 Å². The van der Waals surface area contributed by atoms with Crippen LogP contribution in [0.2, 0.25) is 5.02 Å². The van der Waals surface area contributed by atoms with Crippen LogP contribution in [0, 0.1) is 0 Å². The molecule has 0 atom stereocenters. The van der Waals surface area contributed by atoms with Gasteiger partial charge in [-0.05, 0) is 37.6 Å². The lowest BCUT2D eigenvalue weighted by Crippen LogP contribution is -2.08. The van der Waals surface area contributed by atoms with Crippen molar-refractivity contribution in [1.29, 1.82) is 0 Å². The number of halogens is 1. The van der Waals surface area contributed by atoms with Gasteiger partial charge in [0.25, 0.3) is 0 Å². The van der Waals surface area contributed by atoms with Crippen molar-refractivity contribution in [3.05, 3.63) is 72.0 Å². The van der Waals surface area contributed by atoms with E-state index in [1.807, 2.05) is 60.3 Å². The molecule has 0 saturated carbocycles. The molecule has 0 amide bonds. The van der Waals surface area contributed by atoms with Gasteiger partial charge < -0.3 is 24.9 Å². The van der Waals surface area contributed by atoms with E-state index >= 15 is 0 Å². The van der Waals surface area contributed by atoms with Crippen LogP contribution in [0.25, 0.3) is 17.0 Å². The Hall–Kier alpha value is -4.31. The zero-order chi connectivity index (χ0) is 24.0. The summed E-state index contributed by atoms with van der Waals surface area (Å²) in [5.41, 5.74) is 1.80. The summed E-state index contributed by atoms with van der Waals surface area (Å²) in [5, 5.41) is 15.1. The molecule has 0 aliphatic heterocycles. The van der Waals surface area contributed by atoms with Crippen molar-refractivity contribution in [2.24, 2.45) is 0 Å². The number of hydrogen-bond acceptors (Lipinski definition) is 7. The first-order valence-electron chi connectivity index (χ1n) is 11.2. The number of rotatable bonds is 10. The smallest absolute Gasteiger partial charge is 0.325 e. The van der Waals surface area contributed by atoms with Gasteiger partial charge in [0.1, 0.15) is 17.4 Å². The summed E-state index contributed by atoms with van der Waals surface area (Å²) < 4.78 is 8.04. The largest absolute Gasteiger partial charge is 0.423 e.